The molecule has 0 bridgehead atoms. The van der Waals surface area contributed by atoms with Gasteiger partial charge in [-0.2, -0.15) is 0 Å². The van der Waals surface area contributed by atoms with Crippen LogP contribution in [-0.2, 0) is 11.3 Å². The first kappa shape index (κ1) is 17.0. The predicted molar refractivity (Wildman–Crippen MR) is 106 cm³/mol. The SMILES string of the molecule is O=C(Cn1cnc2c(sc3ccccc32)c1=O)Nc1ccc(Cl)c(Cl)c1. The van der Waals surface area contributed by atoms with Crippen LogP contribution in [0.25, 0.3) is 20.3 Å². The van der Waals surface area contributed by atoms with Gasteiger partial charge in [0.2, 0.25) is 5.91 Å². The molecule has 2 aromatic heterocycles. The summed E-state index contributed by atoms with van der Waals surface area (Å²) >= 11 is 13.2. The molecule has 4 rings (SSSR count). The highest BCUT2D eigenvalue weighted by Gasteiger charge is 2.13. The maximum absolute atomic E-state index is 12.7. The van der Waals surface area contributed by atoms with Crippen LogP contribution < -0.4 is 10.9 Å². The quantitative estimate of drug-likeness (QED) is 0.545. The number of amides is 1. The van der Waals surface area contributed by atoms with Crippen molar-refractivity contribution in [2.24, 2.45) is 0 Å². The summed E-state index contributed by atoms with van der Waals surface area (Å²) in [4.78, 5) is 29.3. The minimum absolute atomic E-state index is 0.143. The monoisotopic (exact) mass is 403 g/mol. The van der Waals surface area contributed by atoms with Gasteiger partial charge in [0, 0.05) is 15.8 Å². The lowest BCUT2D eigenvalue weighted by Gasteiger charge is -2.08. The minimum Gasteiger partial charge on any atom is -0.324 e. The van der Waals surface area contributed by atoms with E-state index in [2.05, 4.69) is 10.3 Å². The third-order valence-corrected chi connectivity index (χ3v) is 5.75. The zero-order chi connectivity index (χ0) is 18.3. The van der Waals surface area contributed by atoms with E-state index < -0.39 is 0 Å². The molecule has 0 radical (unpaired) electrons. The van der Waals surface area contributed by atoms with Crippen LogP contribution in [0.4, 0.5) is 5.69 Å². The van der Waals surface area contributed by atoms with Crippen LogP contribution >= 0.6 is 34.5 Å². The van der Waals surface area contributed by atoms with Gasteiger partial charge in [0.05, 0.1) is 21.9 Å². The largest absolute Gasteiger partial charge is 0.324 e. The Morgan fingerprint density at radius 2 is 1.96 bits per heavy atom. The third-order valence-electron chi connectivity index (χ3n) is 3.87. The minimum atomic E-state index is -0.354. The maximum atomic E-state index is 12.7. The van der Waals surface area contributed by atoms with Crippen LogP contribution in [0, 0.1) is 0 Å². The molecule has 0 aliphatic heterocycles. The number of hydrogen-bond acceptors (Lipinski definition) is 4. The summed E-state index contributed by atoms with van der Waals surface area (Å²) in [5.41, 5.74) is 0.936. The highest BCUT2D eigenvalue weighted by Crippen LogP contribution is 2.29. The van der Waals surface area contributed by atoms with Crippen molar-refractivity contribution >= 4 is 66.4 Å². The van der Waals surface area contributed by atoms with E-state index in [1.807, 2.05) is 24.3 Å². The summed E-state index contributed by atoms with van der Waals surface area (Å²) in [5.74, 6) is -0.354. The highest BCUT2D eigenvalue weighted by molar-refractivity contribution is 7.25. The smallest absolute Gasteiger partial charge is 0.271 e. The maximum Gasteiger partial charge on any atom is 0.271 e. The van der Waals surface area contributed by atoms with Gasteiger partial charge in [-0.25, -0.2) is 4.98 Å². The zero-order valence-corrected chi connectivity index (χ0v) is 15.5. The van der Waals surface area contributed by atoms with E-state index in [1.54, 1.807) is 18.2 Å². The molecule has 0 atom stereocenters. The number of hydrogen-bond donors (Lipinski definition) is 1. The van der Waals surface area contributed by atoms with Crippen molar-refractivity contribution in [2.45, 2.75) is 6.54 Å². The number of thiophene rings is 1. The molecule has 4 aromatic rings. The van der Waals surface area contributed by atoms with Crippen LogP contribution in [0.15, 0.2) is 53.6 Å². The molecular formula is C18H11Cl2N3O2S. The summed E-state index contributed by atoms with van der Waals surface area (Å²) in [6.07, 6.45) is 1.40. The number of aromatic nitrogens is 2. The Bertz CT molecular complexity index is 1220. The molecule has 5 nitrogen and oxygen atoms in total. The molecule has 0 aliphatic rings. The standard InChI is InChI=1S/C18H11Cl2N3O2S/c19-12-6-5-10(7-13(12)20)22-15(24)8-23-9-21-16-11-3-1-2-4-14(11)26-17(16)18(23)25/h1-7,9H,8H2,(H,22,24). The van der Waals surface area contributed by atoms with Crippen molar-refractivity contribution in [3.05, 3.63) is 69.2 Å². The van der Waals surface area contributed by atoms with Crippen LogP contribution in [0.5, 0.6) is 0 Å². The zero-order valence-electron chi connectivity index (χ0n) is 13.2. The van der Waals surface area contributed by atoms with Gasteiger partial charge >= 0.3 is 0 Å². The van der Waals surface area contributed by atoms with E-state index in [1.165, 1.54) is 22.2 Å². The molecule has 8 heteroatoms. The molecule has 1 N–H and O–H groups in total. The van der Waals surface area contributed by atoms with Crippen LogP contribution in [0.2, 0.25) is 10.0 Å². The van der Waals surface area contributed by atoms with E-state index in [0.717, 1.165) is 10.1 Å². The number of halogens is 2. The van der Waals surface area contributed by atoms with Crippen molar-refractivity contribution in [1.82, 2.24) is 9.55 Å². The molecule has 0 spiro atoms. The molecule has 0 aliphatic carbocycles. The molecule has 0 fully saturated rings. The number of carbonyl (C=O) groups excluding carboxylic acids is 1. The number of benzene rings is 2. The molecule has 0 unspecified atom stereocenters. The molecule has 0 saturated heterocycles. The first-order valence-electron chi connectivity index (χ1n) is 7.64. The lowest BCUT2D eigenvalue weighted by molar-refractivity contribution is -0.116. The van der Waals surface area contributed by atoms with Crippen LogP contribution in [-0.4, -0.2) is 15.5 Å². The van der Waals surface area contributed by atoms with Gasteiger partial charge in [0.25, 0.3) is 5.56 Å². The van der Waals surface area contributed by atoms with E-state index >= 15 is 0 Å². The second kappa shape index (κ2) is 6.72. The predicted octanol–water partition coefficient (Wildman–Crippen LogP) is 4.56. The topological polar surface area (TPSA) is 64.0 Å². The third kappa shape index (κ3) is 3.07. The van der Waals surface area contributed by atoms with E-state index in [9.17, 15) is 9.59 Å². The number of fused-ring (bicyclic) bond motifs is 3. The number of nitrogens with one attached hydrogen (secondary N) is 1. The average Bonchev–Trinajstić information content (AvgIpc) is 3.00. The molecule has 0 saturated carbocycles. The summed E-state index contributed by atoms with van der Waals surface area (Å²) in [7, 11) is 0. The second-order valence-corrected chi connectivity index (χ2v) is 7.50. The Balaban J connectivity index is 1.63. The van der Waals surface area contributed by atoms with E-state index in [0.29, 0.717) is 25.9 Å². The molecular weight excluding hydrogens is 393 g/mol. The number of anilines is 1. The Hall–Kier alpha value is -2.41. The molecule has 1 amide bonds. The van der Waals surface area contributed by atoms with Crippen LogP contribution in [0.3, 0.4) is 0 Å². The van der Waals surface area contributed by atoms with Gasteiger partial charge in [0.15, 0.2) is 0 Å². The fourth-order valence-corrected chi connectivity index (χ4v) is 4.06. The average molecular weight is 404 g/mol. The van der Waals surface area contributed by atoms with Crippen molar-refractivity contribution in [1.29, 1.82) is 0 Å². The van der Waals surface area contributed by atoms with Crippen LogP contribution in [0.1, 0.15) is 0 Å². The fraction of sp³-hybridized carbons (Fsp3) is 0.0556. The Morgan fingerprint density at radius 1 is 1.15 bits per heavy atom. The van der Waals surface area contributed by atoms with E-state index in [-0.39, 0.29) is 18.0 Å². The number of rotatable bonds is 3. The Labute approximate surface area is 161 Å². The van der Waals surface area contributed by atoms with E-state index in [4.69, 9.17) is 23.2 Å². The second-order valence-electron chi connectivity index (χ2n) is 5.63. The molecule has 26 heavy (non-hydrogen) atoms. The lowest BCUT2D eigenvalue weighted by Crippen LogP contribution is -2.27. The molecule has 2 heterocycles. The Kier molecular flexibility index (Phi) is 4.40. The van der Waals surface area contributed by atoms with Gasteiger partial charge in [-0.1, -0.05) is 41.4 Å². The number of nitrogens with zero attached hydrogens (tertiary/aromatic N) is 2. The van der Waals surface area contributed by atoms with Crippen molar-refractivity contribution in [3.63, 3.8) is 0 Å². The summed E-state index contributed by atoms with van der Waals surface area (Å²) in [5, 5.41) is 4.38. The van der Waals surface area contributed by atoms with Crippen molar-refractivity contribution in [3.8, 4) is 0 Å². The van der Waals surface area contributed by atoms with Crippen molar-refractivity contribution in [2.75, 3.05) is 5.32 Å². The highest BCUT2D eigenvalue weighted by atomic mass is 35.5. The van der Waals surface area contributed by atoms with Gasteiger partial charge < -0.3 is 5.32 Å². The number of carbonyl (C=O) groups is 1. The van der Waals surface area contributed by atoms with Gasteiger partial charge in [0.1, 0.15) is 11.2 Å². The summed E-state index contributed by atoms with van der Waals surface area (Å²) in [6, 6.07) is 12.5. The lowest BCUT2D eigenvalue weighted by atomic mass is 10.2. The van der Waals surface area contributed by atoms with Gasteiger partial charge in [-0.3, -0.25) is 14.2 Å². The first-order chi connectivity index (χ1) is 12.5. The van der Waals surface area contributed by atoms with Crippen molar-refractivity contribution < 1.29 is 4.79 Å². The normalized spacial score (nSPS) is 11.2. The Morgan fingerprint density at radius 3 is 2.77 bits per heavy atom. The summed E-state index contributed by atoms with van der Waals surface area (Å²) < 4.78 is 2.83. The first-order valence-corrected chi connectivity index (χ1v) is 9.22. The fourth-order valence-electron chi connectivity index (χ4n) is 2.66. The molecule has 130 valence electrons. The van der Waals surface area contributed by atoms with Gasteiger partial charge in [-0.15, -0.1) is 11.3 Å². The molecule has 2 aromatic carbocycles. The summed E-state index contributed by atoms with van der Waals surface area (Å²) in [6.45, 7) is -0.143. The van der Waals surface area contributed by atoms with Gasteiger partial charge in [-0.05, 0) is 24.3 Å².